The molecule has 0 saturated heterocycles. The Balaban J connectivity index is 2.40. The van der Waals surface area contributed by atoms with Gasteiger partial charge in [0.1, 0.15) is 10.8 Å². The van der Waals surface area contributed by atoms with E-state index in [0.717, 1.165) is 25.0 Å². The van der Waals surface area contributed by atoms with Crippen LogP contribution in [0.5, 0.6) is 0 Å². The van der Waals surface area contributed by atoms with Crippen molar-refractivity contribution >= 4 is 67.1 Å². The molecule has 0 atom stereocenters. The van der Waals surface area contributed by atoms with Crippen LogP contribution in [0.2, 0.25) is 0 Å². The fraction of sp³-hybridized carbons (Fsp3) is 0. The predicted molar refractivity (Wildman–Crippen MR) is 92.4 cm³/mol. The molecule has 2 nitrogen and oxygen atoms in total. The molecule has 0 spiro atoms. The van der Waals surface area contributed by atoms with Crippen LogP contribution >= 0.6 is 50.7 Å². The normalized spacial score (nSPS) is 10.3. The fourth-order valence-electron chi connectivity index (χ4n) is 1.57. The quantitative estimate of drug-likeness (QED) is 0.531. The second-order valence-corrected chi connectivity index (χ2v) is 6.32. The lowest BCUT2D eigenvalue weighted by Gasteiger charge is -2.13. The SMILES string of the molecule is NC(=S)c1cc(Br)ccc1Nc1ccc(F)cc1I. The molecule has 0 saturated carbocycles. The van der Waals surface area contributed by atoms with Gasteiger partial charge in [-0.1, -0.05) is 28.1 Å². The Morgan fingerprint density at radius 3 is 2.53 bits per heavy atom. The van der Waals surface area contributed by atoms with Crippen molar-refractivity contribution in [3.05, 3.63) is 55.8 Å². The first kappa shape index (κ1) is 14.7. The van der Waals surface area contributed by atoms with Crippen molar-refractivity contribution in [1.29, 1.82) is 0 Å². The molecule has 6 heteroatoms. The van der Waals surface area contributed by atoms with Gasteiger partial charge in [-0.15, -0.1) is 0 Å². The van der Waals surface area contributed by atoms with E-state index in [0.29, 0.717) is 4.99 Å². The van der Waals surface area contributed by atoms with Gasteiger partial charge in [0.15, 0.2) is 0 Å². The van der Waals surface area contributed by atoms with Gasteiger partial charge in [0.25, 0.3) is 0 Å². The summed E-state index contributed by atoms with van der Waals surface area (Å²) in [5, 5.41) is 3.21. The second kappa shape index (κ2) is 6.15. The average molecular weight is 451 g/mol. The lowest BCUT2D eigenvalue weighted by Crippen LogP contribution is -2.12. The molecule has 0 bridgehead atoms. The number of nitrogens with one attached hydrogen (secondary N) is 1. The van der Waals surface area contributed by atoms with Gasteiger partial charge in [-0.05, 0) is 59.0 Å². The van der Waals surface area contributed by atoms with Gasteiger partial charge in [0.05, 0.1) is 5.69 Å². The molecular formula is C13H9BrFIN2S. The minimum absolute atomic E-state index is 0.264. The molecule has 2 aromatic rings. The Morgan fingerprint density at radius 1 is 1.21 bits per heavy atom. The highest BCUT2D eigenvalue weighted by molar-refractivity contribution is 14.1. The molecule has 0 aliphatic rings. The summed E-state index contributed by atoms with van der Waals surface area (Å²) in [5.74, 6) is -0.264. The molecule has 0 amide bonds. The van der Waals surface area contributed by atoms with E-state index in [1.54, 1.807) is 6.07 Å². The molecule has 19 heavy (non-hydrogen) atoms. The second-order valence-electron chi connectivity index (χ2n) is 3.80. The third-order valence-electron chi connectivity index (χ3n) is 2.45. The molecule has 0 aromatic heterocycles. The third kappa shape index (κ3) is 3.64. The lowest BCUT2D eigenvalue weighted by molar-refractivity contribution is 0.627. The smallest absolute Gasteiger partial charge is 0.124 e. The average Bonchev–Trinajstić information content (AvgIpc) is 2.34. The molecular weight excluding hydrogens is 442 g/mol. The van der Waals surface area contributed by atoms with Gasteiger partial charge < -0.3 is 11.1 Å². The van der Waals surface area contributed by atoms with Crippen LogP contribution in [0.3, 0.4) is 0 Å². The molecule has 98 valence electrons. The first-order valence-electron chi connectivity index (χ1n) is 5.29. The van der Waals surface area contributed by atoms with Gasteiger partial charge in [-0.2, -0.15) is 0 Å². The summed E-state index contributed by atoms with van der Waals surface area (Å²) in [7, 11) is 0. The molecule has 3 N–H and O–H groups in total. The van der Waals surface area contributed by atoms with Gasteiger partial charge in [-0.3, -0.25) is 0 Å². The van der Waals surface area contributed by atoms with Crippen LogP contribution in [0.25, 0.3) is 0 Å². The molecule has 0 aliphatic carbocycles. The standard InChI is InChI=1S/C13H9BrFIN2S/c14-7-1-3-11(9(5-7)13(17)19)18-12-4-2-8(15)6-10(12)16/h1-6,18H,(H2,17,19). The Labute approximate surface area is 137 Å². The summed E-state index contributed by atoms with van der Waals surface area (Å²) in [6.07, 6.45) is 0. The highest BCUT2D eigenvalue weighted by atomic mass is 127. The zero-order valence-corrected chi connectivity index (χ0v) is 14.1. The number of benzene rings is 2. The van der Waals surface area contributed by atoms with E-state index in [1.165, 1.54) is 12.1 Å². The van der Waals surface area contributed by atoms with Crippen molar-refractivity contribution in [3.63, 3.8) is 0 Å². The van der Waals surface area contributed by atoms with Crippen molar-refractivity contribution in [1.82, 2.24) is 0 Å². The fourth-order valence-corrected chi connectivity index (χ4v) is 2.71. The van der Waals surface area contributed by atoms with Crippen molar-refractivity contribution in [2.45, 2.75) is 0 Å². The Bertz CT molecular complexity index is 649. The van der Waals surface area contributed by atoms with Crippen LogP contribution in [0.1, 0.15) is 5.56 Å². The number of thiocarbonyl (C=S) groups is 1. The number of nitrogens with two attached hydrogens (primary N) is 1. The summed E-state index contributed by atoms with van der Waals surface area (Å²) in [4.78, 5) is 0.306. The van der Waals surface area contributed by atoms with Crippen molar-refractivity contribution in [3.8, 4) is 0 Å². The number of halogens is 3. The molecule has 0 heterocycles. The molecule has 2 aromatic carbocycles. The van der Waals surface area contributed by atoms with Gasteiger partial charge in [-0.25, -0.2) is 4.39 Å². The number of anilines is 2. The van der Waals surface area contributed by atoms with Crippen LogP contribution in [-0.2, 0) is 0 Å². The summed E-state index contributed by atoms with van der Waals surface area (Å²) < 4.78 is 14.8. The van der Waals surface area contributed by atoms with E-state index in [9.17, 15) is 4.39 Å². The van der Waals surface area contributed by atoms with E-state index in [-0.39, 0.29) is 5.82 Å². The Kier molecular flexibility index (Phi) is 4.75. The van der Waals surface area contributed by atoms with Crippen LogP contribution in [0.4, 0.5) is 15.8 Å². The first-order chi connectivity index (χ1) is 8.97. The first-order valence-corrected chi connectivity index (χ1v) is 7.57. The van der Waals surface area contributed by atoms with Gasteiger partial charge in [0, 0.05) is 19.3 Å². The Morgan fingerprint density at radius 2 is 1.89 bits per heavy atom. The van der Waals surface area contributed by atoms with E-state index < -0.39 is 0 Å². The van der Waals surface area contributed by atoms with E-state index in [4.69, 9.17) is 18.0 Å². The van der Waals surface area contributed by atoms with Gasteiger partial charge in [0.2, 0.25) is 0 Å². The van der Waals surface area contributed by atoms with Crippen molar-refractivity contribution < 1.29 is 4.39 Å². The molecule has 0 fully saturated rings. The van der Waals surface area contributed by atoms with Crippen LogP contribution in [0, 0.1) is 9.39 Å². The number of rotatable bonds is 3. The zero-order chi connectivity index (χ0) is 14.0. The van der Waals surface area contributed by atoms with Crippen LogP contribution in [0.15, 0.2) is 40.9 Å². The highest BCUT2D eigenvalue weighted by Gasteiger charge is 2.08. The summed E-state index contributed by atoms with van der Waals surface area (Å²) in [6, 6.07) is 10.2. The summed E-state index contributed by atoms with van der Waals surface area (Å²) in [6.45, 7) is 0. The molecule has 0 unspecified atom stereocenters. The van der Waals surface area contributed by atoms with E-state index in [1.807, 2.05) is 18.2 Å². The molecule has 0 aliphatic heterocycles. The van der Waals surface area contributed by atoms with E-state index >= 15 is 0 Å². The third-order valence-corrected chi connectivity index (χ3v) is 4.05. The summed E-state index contributed by atoms with van der Waals surface area (Å²) >= 11 is 10.5. The van der Waals surface area contributed by atoms with Crippen LogP contribution < -0.4 is 11.1 Å². The topological polar surface area (TPSA) is 38.0 Å². The monoisotopic (exact) mass is 450 g/mol. The highest BCUT2D eigenvalue weighted by Crippen LogP contribution is 2.27. The summed E-state index contributed by atoms with van der Waals surface area (Å²) in [5.41, 5.74) is 8.05. The minimum Gasteiger partial charge on any atom is -0.389 e. The zero-order valence-electron chi connectivity index (χ0n) is 9.58. The van der Waals surface area contributed by atoms with Gasteiger partial charge >= 0.3 is 0 Å². The molecule has 0 radical (unpaired) electrons. The predicted octanol–water partition coefficient (Wildman–Crippen LogP) is 4.57. The maximum absolute atomic E-state index is 13.1. The maximum atomic E-state index is 13.1. The van der Waals surface area contributed by atoms with Crippen molar-refractivity contribution in [2.75, 3.05) is 5.32 Å². The number of hydrogen-bond donors (Lipinski definition) is 2. The molecule has 2 rings (SSSR count). The minimum atomic E-state index is -0.264. The van der Waals surface area contributed by atoms with Crippen LogP contribution in [-0.4, -0.2) is 4.99 Å². The van der Waals surface area contributed by atoms with Crippen molar-refractivity contribution in [2.24, 2.45) is 5.73 Å². The number of hydrogen-bond acceptors (Lipinski definition) is 2. The maximum Gasteiger partial charge on any atom is 0.124 e. The van der Waals surface area contributed by atoms with E-state index in [2.05, 4.69) is 43.8 Å². The lowest BCUT2D eigenvalue weighted by atomic mass is 10.1. The largest absolute Gasteiger partial charge is 0.389 e. The Hall–Kier alpha value is -0.730.